The maximum Gasteiger partial charge on any atom is 0.165 e. The van der Waals surface area contributed by atoms with E-state index in [0.29, 0.717) is 12.5 Å². The molecular weight excluding hydrogens is 195 g/mol. The number of hydrogen-bond acceptors (Lipinski definition) is 3. The second-order valence-electron chi connectivity index (χ2n) is 3.78. The highest BCUT2D eigenvalue weighted by Gasteiger charge is 2.14. The number of ether oxygens (including phenoxy) is 1. The van der Waals surface area contributed by atoms with Crippen LogP contribution in [-0.2, 0) is 4.74 Å². The normalized spacial score (nSPS) is 12.9. The number of nitrogens with one attached hydrogen (secondary N) is 1. The summed E-state index contributed by atoms with van der Waals surface area (Å²) in [4.78, 5) is 3.94. The highest BCUT2D eigenvalue weighted by atomic mass is 19.1. The van der Waals surface area contributed by atoms with Crippen LogP contribution in [0.5, 0.6) is 0 Å². The van der Waals surface area contributed by atoms with Crippen LogP contribution in [0.1, 0.15) is 13.8 Å². The molecule has 0 radical (unpaired) electrons. The Balaban J connectivity index is 2.69. The van der Waals surface area contributed by atoms with Crippen LogP contribution in [0, 0.1) is 11.7 Å². The first-order valence-electron chi connectivity index (χ1n) is 5.01. The summed E-state index contributed by atoms with van der Waals surface area (Å²) in [5, 5.41) is 3.04. The number of pyridine rings is 1. The quantitative estimate of drug-likeness (QED) is 0.813. The Morgan fingerprint density at radius 1 is 1.53 bits per heavy atom. The van der Waals surface area contributed by atoms with Gasteiger partial charge in [-0.15, -0.1) is 0 Å². The van der Waals surface area contributed by atoms with E-state index < -0.39 is 0 Å². The van der Waals surface area contributed by atoms with Crippen molar-refractivity contribution in [2.24, 2.45) is 5.92 Å². The van der Waals surface area contributed by atoms with Crippen molar-refractivity contribution in [3.8, 4) is 0 Å². The van der Waals surface area contributed by atoms with E-state index in [2.05, 4.69) is 24.1 Å². The summed E-state index contributed by atoms with van der Waals surface area (Å²) in [6.45, 7) is 4.64. The molecule has 0 spiro atoms. The molecule has 84 valence electrons. The molecule has 0 bridgehead atoms. The number of nitrogens with zero attached hydrogens (tertiary/aromatic N) is 1. The van der Waals surface area contributed by atoms with E-state index in [1.165, 1.54) is 6.07 Å². The van der Waals surface area contributed by atoms with Crippen LogP contribution in [0.2, 0.25) is 0 Å². The first kappa shape index (κ1) is 11.9. The van der Waals surface area contributed by atoms with Crippen LogP contribution in [0.3, 0.4) is 0 Å². The Morgan fingerprint density at radius 3 is 2.80 bits per heavy atom. The van der Waals surface area contributed by atoms with Gasteiger partial charge in [0.1, 0.15) is 0 Å². The van der Waals surface area contributed by atoms with Crippen molar-refractivity contribution < 1.29 is 9.13 Å². The molecular formula is C11H17FN2O. The van der Waals surface area contributed by atoms with E-state index in [9.17, 15) is 4.39 Å². The highest BCUT2D eigenvalue weighted by Crippen LogP contribution is 2.13. The number of aromatic nitrogens is 1. The predicted octanol–water partition coefficient (Wildman–Crippen LogP) is 2.30. The minimum atomic E-state index is -0.334. The first-order chi connectivity index (χ1) is 7.15. The Labute approximate surface area is 89.7 Å². The fourth-order valence-corrected chi connectivity index (χ4v) is 1.25. The second-order valence-corrected chi connectivity index (χ2v) is 3.78. The van der Waals surface area contributed by atoms with Gasteiger partial charge in [0.25, 0.3) is 0 Å². The van der Waals surface area contributed by atoms with Crippen molar-refractivity contribution in [2.75, 3.05) is 19.0 Å². The van der Waals surface area contributed by atoms with Crippen LogP contribution in [0.4, 0.5) is 10.2 Å². The molecule has 0 aliphatic heterocycles. The molecule has 0 saturated heterocycles. The summed E-state index contributed by atoms with van der Waals surface area (Å²) < 4.78 is 18.4. The zero-order valence-electron chi connectivity index (χ0n) is 9.33. The molecule has 0 amide bonds. The number of rotatable bonds is 5. The summed E-state index contributed by atoms with van der Waals surface area (Å²) in [6.07, 6.45) is 1.57. The van der Waals surface area contributed by atoms with Crippen molar-refractivity contribution in [1.82, 2.24) is 4.98 Å². The largest absolute Gasteiger partial charge is 0.383 e. The van der Waals surface area contributed by atoms with Gasteiger partial charge in [-0.3, -0.25) is 0 Å². The number of anilines is 1. The van der Waals surface area contributed by atoms with Gasteiger partial charge in [-0.25, -0.2) is 9.37 Å². The predicted molar refractivity (Wildman–Crippen MR) is 58.3 cm³/mol. The summed E-state index contributed by atoms with van der Waals surface area (Å²) >= 11 is 0. The molecule has 1 heterocycles. The number of methoxy groups -OCH3 is 1. The maximum atomic E-state index is 13.3. The van der Waals surface area contributed by atoms with Gasteiger partial charge in [0.15, 0.2) is 11.6 Å². The average molecular weight is 212 g/mol. The summed E-state index contributed by atoms with van der Waals surface area (Å²) in [5.41, 5.74) is 0. The lowest BCUT2D eigenvalue weighted by Crippen LogP contribution is -2.31. The fraction of sp³-hybridized carbons (Fsp3) is 0.545. The number of hydrogen-bond donors (Lipinski definition) is 1. The minimum Gasteiger partial charge on any atom is -0.383 e. The Morgan fingerprint density at radius 2 is 2.27 bits per heavy atom. The average Bonchev–Trinajstić information content (AvgIpc) is 2.20. The fourth-order valence-electron chi connectivity index (χ4n) is 1.25. The molecule has 15 heavy (non-hydrogen) atoms. The zero-order valence-corrected chi connectivity index (χ0v) is 9.33. The van der Waals surface area contributed by atoms with Gasteiger partial charge in [-0.05, 0) is 18.1 Å². The minimum absolute atomic E-state index is 0.0689. The Hall–Kier alpha value is -1.16. The molecule has 4 heteroatoms. The van der Waals surface area contributed by atoms with E-state index in [0.717, 1.165) is 0 Å². The third-order valence-electron chi connectivity index (χ3n) is 2.23. The lowest BCUT2D eigenvalue weighted by atomic mass is 10.1. The van der Waals surface area contributed by atoms with Crippen LogP contribution >= 0.6 is 0 Å². The molecule has 1 aromatic heterocycles. The highest BCUT2D eigenvalue weighted by molar-refractivity contribution is 5.36. The van der Waals surface area contributed by atoms with Crippen LogP contribution in [-0.4, -0.2) is 24.7 Å². The molecule has 1 unspecified atom stereocenters. The van der Waals surface area contributed by atoms with Crippen LogP contribution < -0.4 is 5.32 Å². The maximum absolute atomic E-state index is 13.3. The van der Waals surface area contributed by atoms with Crippen molar-refractivity contribution in [3.63, 3.8) is 0 Å². The van der Waals surface area contributed by atoms with Crippen molar-refractivity contribution in [1.29, 1.82) is 0 Å². The Bertz CT molecular complexity index is 304. The second kappa shape index (κ2) is 5.66. The van der Waals surface area contributed by atoms with E-state index in [-0.39, 0.29) is 17.7 Å². The van der Waals surface area contributed by atoms with E-state index in [1.807, 2.05) is 0 Å². The van der Waals surface area contributed by atoms with Crippen molar-refractivity contribution in [2.45, 2.75) is 19.9 Å². The summed E-state index contributed by atoms with van der Waals surface area (Å²) in [6, 6.07) is 3.03. The third kappa shape index (κ3) is 3.47. The molecule has 0 aromatic carbocycles. The monoisotopic (exact) mass is 212 g/mol. The standard InChI is InChI=1S/C11H17FN2O/c1-8(2)10(7-15-3)14-11-9(12)5-4-6-13-11/h4-6,8,10H,7H2,1-3H3,(H,13,14). The van der Waals surface area contributed by atoms with E-state index >= 15 is 0 Å². The molecule has 0 saturated carbocycles. The molecule has 0 fully saturated rings. The summed E-state index contributed by atoms with van der Waals surface area (Å²) in [5.74, 6) is 0.304. The molecule has 1 N–H and O–H groups in total. The molecule has 1 atom stereocenters. The van der Waals surface area contributed by atoms with E-state index in [4.69, 9.17) is 4.74 Å². The topological polar surface area (TPSA) is 34.1 Å². The van der Waals surface area contributed by atoms with Gasteiger partial charge < -0.3 is 10.1 Å². The van der Waals surface area contributed by atoms with Gasteiger partial charge in [-0.2, -0.15) is 0 Å². The molecule has 0 aliphatic rings. The van der Waals surface area contributed by atoms with Gasteiger partial charge in [0.05, 0.1) is 12.6 Å². The van der Waals surface area contributed by atoms with Gasteiger partial charge >= 0.3 is 0 Å². The zero-order chi connectivity index (χ0) is 11.3. The third-order valence-corrected chi connectivity index (χ3v) is 2.23. The lowest BCUT2D eigenvalue weighted by molar-refractivity contribution is 0.171. The van der Waals surface area contributed by atoms with Crippen LogP contribution in [0.15, 0.2) is 18.3 Å². The SMILES string of the molecule is COCC(Nc1ncccc1F)C(C)C. The van der Waals surface area contributed by atoms with Crippen molar-refractivity contribution in [3.05, 3.63) is 24.1 Å². The van der Waals surface area contributed by atoms with Crippen LogP contribution in [0.25, 0.3) is 0 Å². The number of halogens is 1. The van der Waals surface area contributed by atoms with E-state index in [1.54, 1.807) is 19.4 Å². The van der Waals surface area contributed by atoms with Crippen molar-refractivity contribution >= 4 is 5.82 Å². The van der Waals surface area contributed by atoms with Gasteiger partial charge in [0.2, 0.25) is 0 Å². The molecule has 1 rings (SSSR count). The molecule has 0 aliphatic carbocycles. The summed E-state index contributed by atoms with van der Waals surface area (Å²) in [7, 11) is 1.63. The van der Waals surface area contributed by atoms with Gasteiger partial charge in [-0.1, -0.05) is 13.8 Å². The smallest absolute Gasteiger partial charge is 0.165 e. The lowest BCUT2D eigenvalue weighted by Gasteiger charge is -2.22. The molecule has 1 aromatic rings. The Kier molecular flexibility index (Phi) is 4.49. The molecule has 3 nitrogen and oxygen atoms in total. The first-order valence-corrected chi connectivity index (χ1v) is 5.01. The van der Waals surface area contributed by atoms with Gasteiger partial charge in [0, 0.05) is 13.3 Å².